The molecule has 0 aliphatic carbocycles. The largest absolute Gasteiger partial charge is 0.480 e. The summed E-state index contributed by atoms with van der Waals surface area (Å²) in [7, 11) is 0. The van der Waals surface area contributed by atoms with Gasteiger partial charge in [0.25, 0.3) is 0 Å². The zero-order chi connectivity index (χ0) is 15.2. The number of benzene rings is 1. The Labute approximate surface area is 124 Å². The molecule has 1 heterocycles. The summed E-state index contributed by atoms with van der Waals surface area (Å²) in [5.41, 5.74) is 0.875. The molecule has 0 aliphatic heterocycles. The molecular weight excluding hydrogens is 300 g/mol. The fourth-order valence-electron chi connectivity index (χ4n) is 1.59. The zero-order valence-corrected chi connectivity index (χ0v) is 11.4. The van der Waals surface area contributed by atoms with Gasteiger partial charge < -0.3 is 15.2 Å². The summed E-state index contributed by atoms with van der Waals surface area (Å²) in [6, 6.07) is 4.95. The van der Waals surface area contributed by atoms with E-state index in [4.69, 9.17) is 21.4 Å². The van der Waals surface area contributed by atoms with Crippen LogP contribution in [0.4, 0.5) is 5.69 Å². The van der Waals surface area contributed by atoms with Crippen molar-refractivity contribution in [2.24, 2.45) is 0 Å². The van der Waals surface area contributed by atoms with Gasteiger partial charge in [-0.25, -0.2) is 14.5 Å². The van der Waals surface area contributed by atoms with E-state index < -0.39 is 18.5 Å². The van der Waals surface area contributed by atoms with Crippen molar-refractivity contribution in [3.05, 3.63) is 35.9 Å². The Morgan fingerprint density at radius 2 is 2.19 bits per heavy atom. The molecule has 2 N–H and O–H groups in total. The lowest BCUT2D eigenvalue weighted by molar-refractivity contribution is -0.143. The summed E-state index contributed by atoms with van der Waals surface area (Å²) in [5.74, 6) is -1.64. The Balaban J connectivity index is 2.12. The monoisotopic (exact) mass is 310 g/mol. The molecule has 1 aromatic heterocycles. The van der Waals surface area contributed by atoms with Gasteiger partial charge in [-0.3, -0.25) is 4.79 Å². The Kier molecular flexibility index (Phi) is 4.85. The third-order valence-corrected chi connectivity index (χ3v) is 2.67. The van der Waals surface area contributed by atoms with Crippen molar-refractivity contribution in [1.29, 1.82) is 0 Å². The summed E-state index contributed by atoms with van der Waals surface area (Å²) < 4.78 is 6.12. The van der Waals surface area contributed by atoms with Crippen molar-refractivity contribution in [1.82, 2.24) is 14.8 Å². The Morgan fingerprint density at radius 1 is 1.38 bits per heavy atom. The molecule has 0 atom stereocenters. The number of rotatable bonds is 6. The van der Waals surface area contributed by atoms with Crippen LogP contribution in [-0.2, 0) is 14.3 Å². The predicted octanol–water partition coefficient (Wildman–Crippen LogP) is 0.960. The molecule has 2 rings (SSSR count). The maximum absolute atomic E-state index is 11.7. The highest BCUT2D eigenvalue weighted by atomic mass is 35.5. The summed E-state index contributed by atoms with van der Waals surface area (Å²) in [6.45, 7) is -0.922. The van der Waals surface area contributed by atoms with E-state index in [0.29, 0.717) is 16.4 Å². The predicted molar refractivity (Wildman–Crippen MR) is 73.5 cm³/mol. The van der Waals surface area contributed by atoms with Crippen LogP contribution >= 0.6 is 11.6 Å². The van der Waals surface area contributed by atoms with Crippen LogP contribution in [0.3, 0.4) is 0 Å². The van der Waals surface area contributed by atoms with Crippen molar-refractivity contribution >= 4 is 29.2 Å². The normalized spacial score (nSPS) is 10.3. The smallest absolute Gasteiger partial charge is 0.329 e. The number of aliphatic carboxylic acids is 1. The minimum Gasteiger partial charge on any atom is -0.480 e. The molecule has 0 spiro atoms. The van der Waals surface area contributed by atoms with Crippen LogP contribution in [0.5, 0.6) is 0 Å². The lowest BCUT2D eigenvalue weighted by Gasteiger charge is -2.12. The molecule has 0 saturated carbocycles. The molecule has 1 amide bonds. The van der Waals surface area contributed by atoms with Gasteiger partial charge in [-0.05, 0) is 12.1 Å². The number of amides is 1. The first-order valence-corrected chi connectivity index (χ1v) is 6.18. The van der Waals surface area contributed by atoms with Crippen molar-refractivity contribution in [3.8, 4) is 5.69 Å². The number of aromatic nitrogens is 3. The van der Waals surface area contributed by atoms with E-state index in [0.717, 1.165) is 0 Å². The number of hydrogen-bond acceptors (Lipinski definition) is 5. The maximum Gasteiger partial charge on any atom is 0.329 e. The highest BCUT2D eigenvalue weighted by molar-refractivity contribution is 6.33. The minimum absolute atomic E-state index is 0.379. The second-order valence-corrected chi connectivity index (χ2v) is 4.32. The number of carboxylic acids is 1. The minimum atomic E-state index is -1.14. The van der Waals surface area contributed by atoms with Gasteiger partial charge in [-0.15, -0.1) is 0 Å². The number of hydrogen-bond donors (Lipinski definition) is 2. The summed E-state index contributed by atoms with van der Waals surface area (Å²) in [4.78, 5) is 25.8. The van der Waals surface area contributed by atoms with Crippen molar-refractivity contribution in [2.75, 3.05) is 18.5 Å². The first-order chi connectivity index (χ1) is 10.1. The van der Waals surface area contributed by atoms with Gasteiger partial charge in [0.1, 0.15) is 31.6 Å². The van der Waals surface area contributed by atoms with Gasteiger partial charge in [-0.1, -0.05) is 17.7 Å². The van der Waals surface area contributed by atoms with Gasteiger partial charge in [0, 0.05) is 0 Å². The third-order valence-electron chi connectivity index (χ3n) is 2.37. The Morgan fingerprint density at radius 3 is 2.86 bits per heavy atom. The maximum atomic E-state index is 11.7. The fraction of sp³-hybridized carbons (Fsp3) is 0.167. The lowest BCUT2D eigenvalue weighted by atomic mass is 10.2. The summed E-state index contributed by atoms with van der Waals surface area (Å²) in [5, 5.41) is 15.4. The van der Waals surface area contributed by atoms with Crippen LogP contribution in [0, 0.1) is 0 Å². The number of para-hydroxylation sites is 1. The standard InChI is InChI=1S/C12H11ClN4O4/c13-8-2-1-3-9(12(8)17-7-14-6-15-17)16-10(18)4-21-5-11(19)20/h1-3,6-7H,4-5H2,(H,16,18)(H,19,20). The molecule has 110 valence electrons. The van der Waals surface area contributed by atoms with Gasteiger partial charge in [0.2, 0.25) is 5.91 Å². The number of carbonyl (C=O) groups is 2. The van der Waals surface area contributed by atoms with E-state index in [-0.39, 0.29) is 6.61 Å². The van der Waals surface area contributed by atoms with Crippen LogP contribution in [-0.4, -0.2) is 45.0 Å². The van der Waals surface area contributed by atoms with Crippen LogP contribution in [0.15, 0.2) is 30.9 Å². The van der Waals surface area contributed by atoms with E-state index in [1.54, 1.807) is 18.2 Å². The number of anilines is 1. The summed E-state index contributed by atoms with van der Waals surface area (Å²) in [6.07, 6.45) is 2.78. The van der Waals surface area contributed by atoms with Gasteiger partial charge >= 0.3 is 5.97 Å². The highest BCUT2D eigenvalue weighted by Crippen LogP contribution is 2.27. The number of carbonyl (C=O) groups excluding carboxylic acids is 1. The molecular formula is C12H11ClN4O4. The third kappa shape index (κ3) is 4.01. The van der Waals surface area contributed by atoms with Gasteiger partial charge in [-0.2, -0.15) is 5.10 Å². The number of nitrogens with zero attached hydrogens (tertiary/aromatic N) is 3. The van der Waals surface area contributed by atoms with E-state index >= 15 is 0 Å². The summed E-state index contributed by atoms with van der Waals surface area (Å²) >= 11 is 6.10. The van der Waals surface area contributed by atoms with E-state index in [2.05, 4.69) is 15.4 Å². The Bertz CT molecular complexity index is 645. The topological polar surface area (TPSA) is 106 Å². The molecule has 9 heteroatoms. The van der Waals surface area contributed by atoms with Gasteiger partial charge in [0.05, 0.1) is 10.7 Å². The molecule has 8 nitrogen and oxygen atoms in total. The van der Waals surface area contributed by atoms with E-state index in [9.17, 15) is 9.59 Å². The number of nitrogens with one attached hydrogen (secondary N) is 1. The quantitative estimate of drug-likeness (QED) is 0.823. The van der Waals surface area contributed by atoms with E-state index in [1.807, 2.05) is 0 Å². The van der Waals surface area contributed by atoms with Crippen LogP contribution in [0.2, 0.25) is 5.02 Å². The molecule has 1 aromatic carbocycles. The second-order valence-electron chi connectivity index (χ2n) is 3.91. The van der Waals surface area contributed by atoms with Crippen LogP contribution < -0.4 is 5.32 Å². The number of ether oxygens (including phenoxy) is 1. The number of carboxylic acid groups (broad SMARTS) is 1. The van der Waals surface area contributed by atoms with Crippen molar-refractivity contribution in [2.45, 2.75) is 0 Å². The van der Waals surface area contributed by atoms with Crippen LogP contribution in [0.25, 0.3) is 5.69 Å². The molecule has 0 saturated heterocycles. The molecule has 0 aliphatic rings. The SMILES string of the molecule is O=C(O)COCC(=O)Nc1cccc(Cl)c1-n1cncn1. The fourth-order valence-corrected chi connectivity index (χ4v) is 1.85. The number of halogens is 1. The molecule has 0 fully saturated rings. The van der Waals surface area contributed by atoms with Gasteiger partial charge in [0.15, 0.2) is 0 Å². The first-order valence-electron chi connectivity index (χ1n) is 5.81. The molecule has 21 heavy (non-hydrogen) atoms. The zero-order valence-electron chi connectivity index (χ0n) is 10.7. The average molecular weight is 311 g/mol. The molecule has 0 radical (unpaired) electrons. The lowest BCUT2D eigenvalue weighted by Crippen LogP contribution is -2.21. The second kappa shape index (κ2) is 6.82. The first kappa shape index (κ1) is 14.9. The van der Waals surface area contributed by atoms with E-state index in [1.165, 1.54) is 17.3 Å². The Hall–Kier alpha value is -2.45. The van der Waals surface area contributed by atoms with Crippen LogP contribution in [0.1, 0.15) is 0 Å². The molecule has 0 bridgehead atoms. The van der Waals surface area contributed by atoms with Crippen molar-refractivity contribution < 1.29 is 19.4 Å². The average Bonchev–Trinajstić information content (AvgIpc) is 2.92. The molecule has 0 unspecified atom stereocenters. The van der Waals surface area contributed by atoms with Crippen molar-refractivity contribution in [3.63, 3.8) is 0 Å². The molecule has 2 aromatic rings. The highest BCUT2D eigenvalue weighted by Gasteiger charge is 2.13.